The number of aromatic nitrogens is 2. The van der Waals surface area contributed by atoms with Crippen molar-refractivity contribution in [3.63, 3.8) is 0 Å². The molecule has 116 valence electrons. The number of carboxylic acids is 1. The van der Waals surface area contributed by atoms with Gasteiger partial charge < -0.3 is 25.2 Å². The summed E-state index contributed by atoms with van der Waals surface area (Å²) < 4.78 is 1.63. The number of nitrogens with one attached hydrogen (secondary N) is 2. The minimum atomic E-state index is -1.06. The smallest absolute Gasteiger partial charge is 0.356 e. The highest BCUT2D eigenvalue weighted by atomic mass is 16.4. The third-order valence-electron chi connectivity index (χ3n) is 3.68. The normalized spacial score (nSPS) is 18.6. The molecule has 1 atom stereocenters. The van der Waals surface area contributed by atoms with Gasteiger partial charge in [0, 0.05) is 31.9 Å². The Morgan fingerprint density at radius 3 is 2.90 bits per heavy atom. The van der Waals surface area contributed by atoms with Crippen LogP contribution in [0, 0.1) is 0 Å². The first-order valence-corrected chi connectivity index (χ1v) is 7.03. The summed E-state index contributed by atoms with van der Waals surface area (Å²) in [6.07, 6.45) is 5.17. The molecule has 1 aromatic heterocycles. The van der Waals surface area contributed by atoms with Gasteiger partial charge in [-0.3, -0.25) is 0 Å². The van der Waals surface area contributed by atoms with Gasteiger partial charge in [-0.1, -0.05) is 0 Å². The van der Waals surface area contributed by atoms with E-state index in [1.54, 1.807) is 4.57 Å². The van der Waals surface area contributed by atoms with Crippen LogP contribution in [0.4, 0.5) is 4.79 Å². The zero-order chi connectivity index (χ0) is 15.2. The van der Waals surface area contributed by atoms with Crippen molar-refractivity contribution in [2.24, 2.45) is 0 Å². The lowest BCUT2D eigenvalue weighted by atomic mass is 10.2. The Hall–Kier alpha value is -2.09. The number of likely N-dealkylation sites (tertiary alicyclic amines) is 1. The van der Waals surface area contributed by atoms with Crippen LogP contribution in [0.1, 0.15) is 23.3 Å². The van der Waals surface area contributed by atoms with E-state index in [4.69, 9.17) is 5.11 Å². The molecule has 1 saturated heterocycles. The second-order valence-corrected chi connectivity index (χ2v) is 5.22. The minimum absolute atomic E-state index is 0.00345. The fraction of sp³-hybridized carbons (Fsp3) is 0.615. The fourth-order valence-electron chi connectivity index (χ4n) is 2.40. The SMILES string of the molecule is CN1CCCC1CNC(=O)NCCn1cnc(C(=O)O)c1. The van der Waals surface area contributed by atoms with Crippen molar-refractivity contribution >= 4 is 12.0 Å². The summed E-state index contributed by atoms with van der Waals surface area (Å²) in [5.41, 5.74) is 0.00345. The predicted molar refractivity (Wildman–Crippen MR) is 76.2 cm³/mol. The zero-order valence-electron chi connectivity index (χ0n) is 12.1. The number of aromatic carboxylic acids is 1. The lowest BCUT2D eigenvalue weighted by Gasteiger charge is -2.19. The van der Waals surface area contributed by atoms with Gasteiger partial charge in [0.1, 0.15) is 0 Å². The van der Waals surface area contributed by atoms with E-state index in [2.05, 4.69) is 27.6 Å². The summed E-state index contributed by atoms with van der Waals surface area (Å²) >= 11 is 0. The highest BCUT2D eigenvalue weighted by Crippen LogP contribution is 2.13. The Balaban J connectivity index is 1.63. The van der Waals surface area contributed by atoms with E-state index < -0.39 is 5.97 Å². The molecular weight excluding hydrogens is 274 g/mol. The molecule has 8 nitrogen and oxygen atoms in total. The van der Waals surface area contributed by atoms with Gasteiger partial charge in [-0.05, 0) is 26.4 Å². The van der Waals surface area contributed by atoms with Crippen molar-refractivity contribution in [1.82, 2.24) is 25.1 Å². The molecule has 1 aromatic rings. The summed E-state index contributed by atoms with van der Waals surface area (Å²) in [4.78, 5) is 28.3. The number of rotatable bonds is 6. The molecule has 1 aliphatic rings. The van der Waals surface area contributed by atoms with Gasteiger partial charge in [-0.15, -0.1) is 0 Å². The number of urea groups is 1. The topological polar surface area (TPSA) is 99.5 Å². The van der Waals surface area contributed by atoms with Gasteiger partial charge in [0.05, 0.1) is 6.33 Å². The van der Waals surface area contributed by atoms with Gasteiger partial charge >= 0.3 is 12.0 Å². The molecule has 0 aromatic carbocycles. The van der Waals surface area contributed by atoms with Crippen LogP contribution in [0.25, 0.3) is 0 Å². The molecule has 3 N–H and O–H groups in total. The minimum Gasteiger partial charge on any atom is -0.476 e. The van der Waals surface area contributed by atoms with E-state index in [-0.39, 0.29) is 11.7 Å². The van der Waals surface area contributed by atoms with Gasteiger partial charge in [-0.2, -0.15) is 0 Å². The lowest BCUT2D eigenvalue weighted by molar-refractivity contribution is 0.0691. The second-order valence-electron chi connectivity index (χ2n) is 5.22. The Bertz CT molecular complexity index is 502. The van der Waals surface area contributed by atoms with E-state index in [0.29, 0.717) is 25.7 Å². The highest BCUT2D eigenvalue weighted by Gasteiger charge is 2.20. The molecule has 0 spiro atoms. The quantitative estimate of drug-likeness (QED) is 0.684. The maximum atomic E-state index is 11.7. The first-order chi connectivity index (χ1) is 10.1. The Kier molecular flexibility index (Phi) is 5.15. The summed E-state index contributed by atoms with van der Waals surface area (Å²) in [6.45, 7) is 2.63. The standard InChI is InChI=1S/C13H21N5O3/c1-17-5-2-3-10(17)7-15-13(21)14-4-6-18-8-11(12(19)20)16-9-18/h8-10H,2-7H2,1H3,(H,19,20)(H2,14,15,21). The molecule has 1 fully saturated rings. The lowest BCUT2D eigenvalue weighted by Crippen LogP contribution is -2.43. The molecule has 2 heterocycles. The summed E-state index contributed by atoms with van der Waals surface area (Å²) in [5.74, 6) is -1.06. The molecule has 0 radical (unpaired) electrons. The average molecular weight is 295 g/mol. The number of hydrogen-bond acceptors (Lipinski definition) is 4. The fourth-order valence-corrected chi connectivity index (χ4v) is 2.40. The van der Waals surface area contributed by atoms with Crippen molar-refractivity contribution in [2.75, 3.05) is 26.7 Å². The second kappa shape index (κ2) is 7.07. The molecule has 0 bridgehead atoms. The maximum Gasteiger partial charge on any atom is 0.356 e. The molecule has 1 aliphatic heterocycles. The van der Waals surface area contributed by atoms with Gasteiger partial charge in [0.2, 0.25) is 0 Å². The Labute approximate surface area is 123 Å². The summed E-state index contributed by atoms with van der Waals surface area (Å²) in [7, 11) is 2.07. The largest absolute Gasteiger partial charge is 0.476 e. The summed E-state index contributed by atoms with van der Waals surface area (Å²) in [6, 6.07) is 0.219. The number of imidazole rings is 1. The monoisotopic (exact) mass is 295 g/mol. The molecule has 2 amide bonds. The van der Waals surface area contributed by atoms with Crippen LogP contribution >= 0.6 is 0 Å². The van der Waals surface area contributed by atoms with Gasteiger partial charge in [0.15, 0.2) is 5.69 Å². The molecule has 0 saturated carbocycles. The van der Waals surface area contributed by atoms with E-state index in [1.807, 2.05) is 0 Å². The molecule has 0 aliphatic carbocycles. The van der Waals surface area contributed by atoms with Crippen molar-refractivity contribution < 1.29 is 14.7 Å². The first-order valence-electron chi connectivity index (χ1n) is 7.03. The van der Waals surface area contributed by atoms with Crippen LogP contribution in [0.2, 0.25) is 0 Å². The number of likely N-dealkylation sites (N-methyl/N-ethyl adjacent to an activating group) is 1. The Morgan fingerprint density at radius 2 is 2.29 bits per heavy atom. The van der Waals surface area contributed by atoms with Gasteiger partial charge in [0.25, 0.3) is 0 Å². The van der Waals surface area contributed by atoms with E-state index in [9.17, 15) is 9.59 Å². The molecule has 1 unspecified atom stereocenters. The summed E-state index contributed by atoms with van der Waals surface area (Å²) in [5, 5.41) is 14.3. The zero-order valence-corrected chi connectivity index (χ0v) is 12.1. The van der Waals surface area contributed by atoms with Crippen molar-refractivity contribution in [2.45, 2.75) is 25.4 Å². The molecule has 2 rings (SSSR count). The van der Waals surface area contributed by atoms with Crippen molar-refractivity contribution in [3.8, 4) is 0 Å². The number of carbonyl (C=O) groups excluding carboxylic acids is 1. The highest BCUT2D eigenvalue weighted by molar-refractivity contribution is 5.84. The molecular formula is C13H21N5O3. The average Bonchev–Trinajstić information content (AvgIpc) is 3.06. The Morgan fingerprint density at radius 1 is 1.48 bits per heavy atom. The number of nitrogens with zero attached hydrogens (tertiary/aromatic N) is 3. The molecule has 8 heteroatoms. The maximum absolute atomic E-state index is 11.7. The number of amides is 2. The number of carboxylic acid groups (broad SMARTS) is 1. The number of carbonyl (C=O) groups is 2. The van der Waals surface area contributed by atoms with Crippen LogP contribution in [0.15, 0.2) is 12.5 Å². The van der Waals surface area contributed by atoms with E-state index in [0.717, 1.165) is 13.0 Å². The third-order valence-corrected chi connectivity index (χ3v) is 3.68. The van der Waals surface area contributed by atoms with Crippen LogP contribution in [-0.2, 0) is 6.54 Å². The van der Waals surface area contributed by atoms with Crippen molar-refractivity contribution in [1.29, 1.82) is 0 Å². The van der Waals surface area contributed by atoms with E-state index in [1.165, 1.54) is 18.9 Å². The van der Waals surface area contributed by atoms with Gasteiger partial charge in [-0.25, -0.2) is 14.6 Å². The van der Waals surface area contributed by atoms with Crippen molar-refractivity contribution in [3.05, 3.63) is 18.2 Å². The van der Waals surface area contributed by atoms with Crippen LogP contribution in [0.5, 0.6) is 0 Å². The predicted octanol–water partition coefficient (Wildman–Crippen LogP) is -0.0253. The van der Waals surface area contributed by atoms with Crippen LogP contribution in [-0.4, -0.2) is 64.3 Å². The third kappa shape index (κ3) is 4.45. The molecule has 21 heavy (non-hydrogen) atoms. The van der Waals surface area contributed by atoms with Crippen LogP contribution in [0.3, 0.4) is 0 Å². The number of hydrogen-bond donors (Lipinski definition) is 3. The van der Waals surface area contributed by atoms with E-state index >= 15 is 0 Å². The first kappa shape index (κ1) is 15.3. The van der Waals surface area contributed by atoms with Crippen LogP contribution < -0.4 is 10.6 Å².